The van der Waals surface area contributed by atoms with Crippen LogP contribution in [0.4, 0.5) is 0 Å². The molecule has 0 atom stereocenters. The van der Waals surface area contributed by atoms with Gasteiger partial charge in [-0.1, -0.05) is 30.4 Å². The molecule has 2 rings (SSSR count). The first kappa shape index (κ1) is 11.3. The van der Waals surface area contributed by atoms with Gasteiger partial charge < -0.3 is 5.73 Å². The van der Waals surface area contributed by atoms with E-state index in [-0.39, 0.29) is 0 Å². The Hall–Kier alpha value is -0.730. The molecule has 76 valence electrons. The van der Waals surface area contributed by atoms with E-state index in [1.54, 1.807) is 5.37 Å². The maximum atomic E-state index is 4.90. The summed E-state index contributed by atoms with van der Waals surface area (Å²) in [6, 6.07) is 6.59. The highest BCUT2D eigenvalue weighted by molar-refractivity contribution is 7.79. The van der Waals surface area contributed by atoms with Gasteiger partial charge in [0, 0.05) is 5.37 Å². The van der Waals surface area contributed by atoms with Gasteiger partial charge in [0.1, 0.15) is 0 Å². The molecule has 0 heterocycles. The van der Waals surface area contributed by atoms with E-state index in [9.17, 15) is 0 Å². The van der Waals surface area contributed by atoms with E-state index in [1.165, 1.54) is 49.4 Å². The number of fused-ring (bicyclic) bond motifs is 1. The van der Waals surface area contributed by atoms with E-state index < -0.39 is 0 Å². The first-order chi connectivity index (χ1) is 6.90. The number of nitrogens with two attached hydrogens (primary N) is 1. The van der Waals surface area contributed by atoms with Crippen LogP contribution in [-0.4, -0.2) is 12.4 Å². The predicted octanol–water partition coefficient (Wildman–Crippen LogP) is 2.49. The van der Waals surface area contributed by atoms with Crippen molar-refractivity contribution < 1.29 is 0 Å². The van der Waals surface area contributed by atoms with Crippen LogP contribution in [0, 0.1) is 0 Å². The average Bonchev–Trinajstić information content (AvgIpc) is 2.31. The van der Waals surface area contributed by atoms with Crippen LogP contribution in [0.1, 0.15) is 29.5 Å². The lowest BCUT2D eigenvalue weighted by molar-refractivity contribution is 0.685. The predicted molar refractivity (Wildman–Crippen MR) is 66.0 cm³/mol. The molecule has 2 heteroatoms. The third kappa shape index (κ3) is 2.63. The van der Waals surface area contributed by atoms with Gasteiger partial charge in [0.05, 0.1) is 0 Å². The summed E-state index contributed by atoms with van der Waals surface area (Å²) in [6.45, 7) is 0. The second-order valence-corrected chi connectivity index (χ2v) is 3.59. The number of thiocarbonyl (C=S) groups is 1. The second kappa shape index (κ2) is 5.89. The number of hydrogen-bond donors (Lipinski definition) is 1. The minimum atomic E-state index is 1.19. The van der Waals surface area contributed by atoms with Crippen LogP contribution in [0.2, 0.25) is 0 Å². The van der Waals surface area contributed by atoms with Crippen LogP contribution in [0.3, 0.4) is 0 Å². The Balaban J connectivity index is 0.000000461. The molecule has 0 radical (unpaired) electrons. The largest absolute Gasteiger partial charge is 0.333 e. The third-order valence-electron chi connectivity index (χ3n) is 2.51. The van der Waals surface area contributed by atoms with Crippen LogP contribution in [0.25, 0.3) is 0 Å². The highest BCUT2D eigenvalue weighted by Gasteiger charge is 2.08. The quantitative estimate of drug-likeness (QED) is 0.716. The Morgan fingerprint density at radius 1 is 1.14 bits per heavy atom. The molecule has 0 spiro atoms. The SMILES string of the molecule is CN.S=Cc1ccc2c(c1)CCCC2. The summed E-state index contributed by atoms with van der Waals surface area (Å²) in [7, 11) is 1.50. The summed E-state index contributed by atoms with van der Waals surface area (Å²) in [4.78, 5) is 0. The van der Waals surface area contributed by atoms with Crippen molar-refractivity contribution in [2.75, 3.05) is 7.05 Å². The minimum absolute atomic E-state index is 1.19. The van der Waals surface area contributed by atoms with Gasteiger partial charge in [-0.3, -0.25) is 0 Å². The van der Waals surface area contributed by atoms with Crippen molar-refractivity contribution in [2.45, 2.75) is 25.7 Å². The molecule has 1 aliphatic rings. The number of benzene rings is 1. The fourth-order valence-corrected chi connectivity index (χ4v) is 1.97. The van der Waals surface area contributed by atoms with Gasteiger partial charge in [-0.15, -0.1) is 0 Å². The van der Waals surface area contributed by atoms with Crippen molar-refractivity contribution in [3.05, 3.63) is 34.9 Å². The second-order valence-electron chi connectivity index (χ2n) is 3.35. The molecule has 1 aromatic rings. The Bertz CT molecular complexity index is 307. The van der Waals surface area contributed by atoms with E-state index in [1.807, 2.05) is 0 Å². The van der Waals surface area contributed by atoms with Crippen LogP contribution >= 0.6 is 12.2 Å². The fraction of sp³-hybridized carbons (Fsp3) is 0.417. The molecule has 0 fully saturated rings. The van der Waals surface area contributed by atoms with Crippen LogP contribution < -0.4 is 5.73 Å². The maximum Gasteiger partial charge on any atom is 0.00862 e. The van der Waals surface area contributed by atoms with E-state index in [0.717, 1.165) is 0 Å². The minimum Gasteiger partial charge on any atom is -0.333 e. The lowest BCUT2D eigenvalue weighted by Crippen LogP contribution is -2.02. The average molecular weight is 207 g/mol. The van der Waals surface area contributed by atoms with Gasteiger partial charge in [-0.2, -0.15) is 0 Å². The zero-order chi connectivity index (χ0) is 10.4. The molecule has 2 N–H and O–H groups in total. The Morgan fingerprint density at radius 2 is 1.79 bits per heavy atom. The molecule has 0 saturated heterocycles. The monoisotopic (exact) mass is 207 g/mol. The summed E-state index contributed by atoms with van der Waals surface area (Å²) in [5.74, 6) is 0. The fourth-order valence-electron chi connectivity index (χ4n) is 1.83. The van der Waals surface area contributed by atoms with Gasteiger partial charge in [0.15, 0.2) is 0 Å². The lowest BCUT2D eigenvalue weighted by Gasteiger charge is -2.15. The standard InChI is InChI=1S/C11H12S.CH5N/c12-8-9-5-6-10-3-1-2-4-11(10)7-9;1-2/h5-8H,1-4H2;2H2,1H3. The van der Waals surface area contributed by atoms with Gasteiger partial charge in [0.2, 0.25) is 0 Å². The molecule has 1 aromatic carbocycles. The van der Waals surface area contributed by atoms with E-state index >= 15 is 0 Å². The Kier molecular flexibility index (Phi) is 4.77. The number of rotatable bonds is 1. The zero-order valence-electron chi connectivity index (χ0n) is 8.62. The molecular weight excluding hydrogens is 190 g/mol. The number of hydrogen-bond acceptors (Lipinski definition) is 2. The number of aryl methyl sites for hydroxylation is 2. The summed E-state index contributed by atoms with van der Waals surface area (Å²) in [5.41, 5.74) is 8.73. The molecule has 0 amide bonds. The van der Waals surface area contributed by atoms with Crippen LogP contribution in [0.5, 0.6) is 0 Å². The molecule has 14 heavy (non-hydrogen) atoms. The van der Waals surface area contributed by atoms with E-state index in [0.29, 0.717) is 0 Å². The van der Waals surface area contributed by atoms with Crippen molar-refractivity contribution >= 4 is 17.6 Å². The van der Waals surface area contributed by atoms with Gasteiger partial charge in [-0.05, 0) is 49.4 Å². The first-order valence-electron chi connectivity index (χ1n) is 5.05. The zero-order valence-corrected chi connectivity index (χ0v) is 9.44. The molecule has 0 aliphatic heterocycles. The lowest BCUT2D eigenvalue weighted by atomic mass is 9.91. The van der Waals surface area contributed by atoms with Crippen molar-refractivity contribution in [1.82, 2.24) is 0 Å². The molecule has 0 saturated carbocycles. The summed E-state index contributed by atoms with van der Waals surface area (Å²) in [5, 5.41) is 1.76. The van der Waals surface area contributed by atoms with E-state index in [2.05, 4.69) is 23.9 Å². The smallest absolute Gasteiger partial charge is 0.00862 e. The first-order valence-corrected chi connectivity index (χ1v) is 5.52. The molecule has 1 nitrogen and oxygen atoms in total. The van der Waals surface area contributed by atoms with Gasteiger partial charge in [0.25, 0.3) is 0 Å². The van der Waals surface area contributed by atoms with Crippen molar-refractivity contribution in [2.24, 2.45) is 5.73 Å². The van der Waals surface area contributed by atoms with Crippen molar-refractivity contribution in [3.8, 4) is 0 Å². The van der Waals surface area contributed by atoms with Crippen LogP contribution in [0.15, 0.2) is 18.2 Å². The Labute approximate surface area is 91.3 Å². The highest BCUT2D eigenvalue weighted by atomic mass is 32.1. The highest BCUT2D eigenvalue weighted by Crippen LogP contribution is 2.21. The van der Waals surface area contributed by atoms with Gasteiger partial charge >= 0.3 is 0 Å². The summed E-state index contributed by atoms with van der Waals surface area (Å²) >= 11 is 4.90. The summed E-state index contributed by atoms with van der Waals surface area (Å²) in [6.07, 6.45) is 5.19. The molecule has 0 bridgehead atoms. The maximum absolute atomic E-state index is 4.90. The topological polar surface area (TPSA) is 26.0 Å². The molecule has 1 aliphatic carbocycles. The normalized spacial score (nSPS) is 13.6. The van der Waals surface area contributed by atoms with E-state index in [4.69, 9.17) is 12.2 Å². The third-order valence-corrected chi connectivity index (χ3v) is 2.78. The molecule has 0 unspecified atom stereocenters. The summed E-state index contributed by atoms with van der Waals surface area (Å²) < 4.78 is 0. The molecule has 0 aromatic heterocycles. The molecular formula is C12H17NS. The van der Waals surface area contributed by atoms with Crippen LogP contribution in [-0.2, 0) is 12.8 Å². The van der Waals surface area contributed by atoms with Crippen molar-refractivity contribution in [3.63, 3.8) is 0 Å². The Morgan fingerprint density at radius 3 is 2.43 bits per heavy atom. The van der Waals surface area contributed by atoms with Crippen molar-refractivity contribution in [1.29, 1.82) is 0 Å². The van der Waals surface area contributed by atoms with Gasteiger partial charge in [-0.25, -0.2) is 0 Å².